The smallest absolute Gasteiger partial charge is 0.345 e. The van der Waals surface area contributed by atoms with Crippen molar-refractivity contribution in [2.45, 2.75) is 6.92 Å². The zero-order chi connectivity index (χ0) is 10.3. The molecule has 72 valence electrons. The van der Waals surface area contributed by atoms with Crippen LogP contribution in [0.4, 0.5) is 0 Å². The summed E-state index contributed by atoms with van der Waals surface area (Å²) in [6.07, 6.45) is 0. The summed E-state index contributed by atoms with van der Waals surface area (Å²) >= 11 is 7.22. The first-order valence-corrected chi connectivity index (χ1v) is 5.21. The van der Waals surface area contributed by atoms with E-state index in [1.54, 1.807) is 12.1 Å². The average Bonchev–Trinajstić information content (AvgIpc) is 2.57. The fraction of sp³-hybridized carbons (Fsp3) is 0.100. The van der Waals surface area contributed by atoms with Crippen LogP contribution in [0.1, 0.15) is 15.2 Å². The van der Waals surface area contributed by atoms with E-state index in [0.717, 1.165) is 15.6 Å². The molecule has 0 spiro atoms. The van der Waals surface area contributed by atoms with E-state index < -0.39 is 5.97 Å². The van der Waals surface area contributed by atoms with E-state index in [-0.39, 0.29) is 0 Å². The Morgan fingerprint density at radius 2 is 2.21 bits per heavy atom. The van der Waals surface area contributed by atoms with Crippen molar-refractivity contribution in [3.8, 4) is 0 Å². The van der Waals surface area contributed by atoms with E-state index in [2.05, 4.69) is 0 Å². The molecule has 0 amide bonds. The number of fused-ring (bicyclic) bond motifs is 1. The van der Waals surface area contributed by atoms with Gasteiger partial charge in [-0.1, -0.05) is 17.7 Å². The van der Waals surface area contributed by atoms with Gasteiger partial charge in [-0.05, 0) is 24.6 Å². The maximum atomic E-state index is 10.8. The lowest BCUT2D eigenvalue weighted by Gasteiger charge is -1.95. The van der Waals surface area contributed by atoms with Gasteiger partial charge in [0.05, 0.1) is 0 Å². The molecule has 2 rings (SSSR count). The fourth-order valence-electron chi connectivity index (χ4n) is 1.33. The number of benzene rings is 1. The standard InChI is InChI=1S/C10H7ClO2S/c1-5-2-3-7(11)6-4-8(10(12)13)14-9(5)6/h2-4H,1H3,(H,12,13). The number of thiophene rings is 1. The zero-order valence-electron chi connectivity index (χ0n) is 7.37. The van der Waals surface area contributed by atoms with E-state index in [1.165, 1.54) is 11.3 Å². The van der Waals surface area contributed by atoms with Crippen molar-refractivity contribution in [2.75, 3.05) is 0 Å². The molecule has 14 heavy (non-hydrogen) atoms. The lowest BCUT2D eigenvalue weighted by atomic mass is 10.2. The predicted molar refractivity (Wildman–Crippen MR) is 58.5 cm³/mol. The third-order valence-corrected chi connectivity index (χ3v) is 3.63. The summed E-state index contributed by atoms with van der Waals surface area (Å²) in [6.45, 7) is 1.95. The van der Waals surface area contributed by atoms with E-state index in [1.807, 2.05) is 13.0 Å². The van der Waals surface area contributed by atoms with Crippen LogP contribution >= 0.6 is 22.9 Å². The number of rotatable bonds is 1. The van der Waals surface area contributed by atoms with Crippen molar-refractivity contribution >= 4 is 39.0 Å². The minimum Gasteiger partial charge on any atom is -0.477 e. The highest BCUT2D eigenvalue weighted by Crippen LogP contribution is 2.33. The van der Waals surface area contributed by atoms with Crippen LogP contribution in [0, 0.1) is 6.92 Å². The van der Waals surface area contributed by atoms with Crippen LogP contribution in [0.5, 0.6) is 0 Å². The molecule has 0 aliphatic carbocycles. The van der Waals surface area contributed by atoms with Crippen LogP contribution in [0.2, 0.25) is 5.02 Å². The first-order chi connectivity index (χ1) is 6.59. The zero-order valence-corrected chi connectivity index (χ0v) is 8.95. The van der Waals surface area contributed by atoms with Gasteiger partial charge in [0.1, 0.15) is 4.88 Å². The first-order valence-electron chi connectivity index (χ1n) is 4.01. The molecule has 0 bridgehead atoms. The summed E-state index contributed by atoms with van der Waals surface area (Å²) in [5.74, 6) is -0.901. The third-order valence-electron chi connectivity index (χ3n) is 2.04. The molecular weight excluding hydrogens is 220 g/mol. The quantitative estimate of drug-likeness (QED) is 0.807. The second-order valence-electron chi connectivity index (χ2n) is 3.02. The van der Waals surface area contributed by atoms with Crippen molar-refractivity contribution in [3.63, 3.8) is 0 Å². The van der Waals surface area contributed by atoms with Crippen LogP contribution < -0.4 is 0 Å². The van der Waals surface area contributed by atoms with Crippen molar-refractivity contribution < 1.29 is 9.90 Å². The van der Waals surface area contributed by atoms with Crippen LogP contribution in [-0.2, 0) is 0 Å². The Labute approximate surface area is 89.7 Å². The molecule has 0 aliphatic rings. The van der Waals surface area contributed by atoms with E-state index >= 15 is 0 Å². The van der Waals surface area contributed by atoms with Gasteiger partial charge in [-0.15, -0.1) is 11.3 Å². The molecule has 0 fully saturated rings. The van der Waals surface area contributed by atoms with Gasteiger partial charge in [0.15, 0.2) is 0 Å². The normalized spacial score (nSPS) is 10.7. The van der Waals surface area contributed by atoms with Gasteiger partial charge in [0.2, 0.25) is 0 Å². The fourth-order valence-corrected chi connectivity index (χ4v) is 2.59. The van der Waals surface area contributed by atoms with E-state index in [4.69, 9.17) is 16.7 Å². The van der Waals surface area contributed by atoms with Crippen molar-refractivity contribution in [3.05, 3.63) is 33.7 Å². The Bertz CT molecular complexity index is 477. The molecule has 2 aromatic rings. The highest BCUT2D eigenvalue weighted by molar-refractivity contribution is 7.21. The van der Waals surface area contributed by atoms with Gasteiger partial charge in [0, 0.05) is 15.1 Å². The third kappa shape index (κ3) is 1.38. The Kier molecular flexibility index (Phi) is 2.21. The number of halogens is 1. The summed E-state index contributed by atoms with van der Waals surface area (Å²) in [5, 5.41) is 10.3. The number of aryl methyl sites for hydroxylation is 1. The Hall–Kier alpha value is -1.06. The second kappa shape index (κ2) is 3.26. The van der Waals surface area contributed by atoms with Crippen LogP contribution in [0.3, 0.4) is 0 Å². The molecule has 0 aliphatic heterocycles. The summed E-state index contributed by atoms with van der Waals surface area (Å²) in [5.41, 5.74) is 1.06. The second-order valence-corrected chi connectivity index (χ2v) is 4.48. The summed E-state index contributed by atoms with van der Waals surface area (Å²) < 4.78 is 0.954. The lowest BCUT2D eigenvalue weighted by Crippen LogP contribution is -1.89. The molecule has 1 heterocycles. The topological polar surface area (TPSA) is 37.3 Å². The molecule has 0 radical (unpaired) electrons. The number of carbonyl (C=O) groups is 1. The average molecular weight is 227 g/mol. The number of aromatic carboxylic acids is 1. The number of carboxylic acid groups (broad SMARTS) is 1. The lowest BCUT2D eigenvalue weighted by molar-refractivity contribution is 0.0702. The molecular formula is C10H7ClO2S. The molecule has 2 nitrogen and oxygen atoms in total. The molecule has 1 aromatic heterocycles. The maximum Gasteiger partial charge on any atom is 0.345 e. The molecule has 0 saturated heterocycles. The van der Waals surface area contributed by atoms with E-state index in [0.29, 0.717) is 9.90 Å². The first kappa shape index (κ1) is 9.49. The molecule has 1 N–H and O–H groups in total. The number of hydrogen-bond acceptors (Lipinski definition) is 2. The molecule has 0 unspecified atom stereocenters. The Balaban J connectivity index is 2.82. The minimum absolute atomic E-state index is 0.330. The predicted octanol–water partition coefficient (Wildman–Crippen LogP) is 3.56. The van der Waals surface area contributed by atoms with Gasteiger partial charge in [-0.2, -0.15) is 0 Å². The van der Waals surface area contributed by atoms with Crippen LogP contribution in [0.25, 0.3) is 10.1 Å². The highest BCUT2D eigenvalue weighted by atomic mass is 35.5. The molecule has 1 aromatic carbocycles. The van der Waals surface area contributed by atoms with E-state index in [9.17, 15) is 4.79 Å². The van der Waals surface area contributed by atoms with Crippen molar-refractivity contribution in [1.82, 2.24) is 0 Å². The molecule has 0 saturated carbocycles. The van der Waals surface area contributed by atoms with Crippen molar-refractivity contribution in [1.29, 1.82) is 0 Å². The van der Waals surface area contributed by atoms with Gasteiger partial charge in [-0.3, -0.25) is 0 Å². The minimum atomic E-state index is -0.901. The van der Waals surface area contributed by atoms with Gasteiger partial charge in [-0.25, -0.2) is 4.79 Å². The SMILES string of the molecule is Cc1ccc(Cl)c2cc(C(=O)O)sc12. The van der Waals surface area contributed by atoms with Gasteiger partial charge >= 0.3 is 5.97 Å². The number of hydrogen-bond donors (Lipinski definition) is 1. The van der Waals surface area contributed by atoms with Crippen LogP contribution in [0.15, 0.2) is 18.2 Å². The summed E-state index contributed by atoms with van der Waals surface area (Å²) in [6, 6.07) is 5.31. The summed E-state index contributed by atoms with van der Waals surface area (Å²) in [4.78, 5) is 11.1. The Morgan fingerprint density at radius 1 is 1.50 bits per heavy atom. The largest absolute Gasteiger partial charge is 0.477 e. The Morgan fingerprint density at radius 3 is 2.79 bits per heavy atom. The molecule has 4 heteroatoms. The van der Waals surface area contributed by atoms with Gasteiger partial charge < -0.3 is 5.11 Å². The van der Waals surface area contributed by atoms with Crippen LogP contribution in [-0.4, -0.2) is 11.1 Å². The summed E-state index contributed by atoms with van der Waals surface area (Å²) in [7, 11) is 0. The number of carboxylic acids is 1. The molecule has 0 atom stereocenters. The highest BCUT2D eigenvalue weighted by Gasteiger charge is 2.11. The maximum absolute atomic E-state index is 10.8. The van der Waals surface area contributed by atoms with Gasteiger partial charge in [0.25, 0.3) is 0 Å². The monoisotopic (exact) mass is 226 g/mol. The van der Waals surface area contributed by atoms with Crippen molar-refractivity contribution in [2.24, 2.45) is 0 Å².